The summed E-state index contributed by atoms with van der Waals surface area (Å²) in [5.41, 5.74) is 17.8. The van der Waals surface area contributed by atoms with Crippen molar-refractivity contribution in [2.45, 2.75) is 84.5 Å². The molecule has 0 heterocycles. The molecule has 2 aliphatic rings. The van der Waals surface area contributed by atoms with Crippen molar-refractivity contribution in [1.82, 2.24) is 0 Å². The number of hydrogen-bond acceptors (Lipinski definition) is 0. The standard InChI is InChI=1S/C37H40/c1-35(2,3)31-19-17-29(27-21-23-13-9-11-15-25(23)33(27)31)37(7,8)30-18-20-32(36(4,5)6)34-26-16-12-10-14-24(26)22-28(30)34/h9-20H,21-22H2,1-8H3. The number of benzene rings is 4. The zero-order chi connectivity index (χ0) is 26.3. The van der Waals surface area contributed by atoms with E-state index in [1.807, 2.05) is 0 Å². The summed E-state index contributed by atoms with van der Waals surface area (Å²) in [5, 5.41) is 0. The van der Waals surface area contributed by atoms with Gasteiger partial charge >= 0.3 is 0 Å². The Bertz CT molecular complexity index is 1430. The van der Waals surface area contributed by atoms with Crippen molar-refractivity contribution in [3.05, 3.63) is 117 Å². The first-order valence-electron chi connectivity index (χ1n) is 13.9. The first kappa shape index (κ1) is 24.2. The quantitative estimate of drug-likeness (QED) is 0.229. The van der Waals surface area contributed by atoms with E-state index in [0.717, 1.165) is 12.8 Å². The Morgan fingerprint density at radius 2 is 0.784 bits per heavy atom. The van der Waals surface area contributed by atoms with E-state index < -0.39 is 0 Å². The highest BCUT2D eigenvalue weighted by molar-refractivity contribution is 5.84. The Balaban J connectivity index is 1.60. The van der Waals surface area contributed by atoms with E-state index in [2.05, 4.69) is 128 Å². The van der Waals surface area contributed by atoms with Crippen LogP contribution in [0.4, 0.5) is 0 Å². The van der Waals surface area contributed by atoms with Gasteiger partial charge < -0.3 is 0 Å². The third kappa shape index (κ3) is 3.63. The predicted molar refractivity (Wildman–Crippen MR) is 159 cm³/mol. The second-order valence-electron chi connectivity index (χ2n) is 13.8. The van der Waals surface area contributed by atoms with E-state index in [1.165, 1.54) is 66.8 Å². The van der Waals surface area contributed by atoms with Gasteiger partial charge in [-0.25, -0.2) is 0 Å². The fourth-order valence-corrected chi connectivity index (χ4v) is 7.06. The lowest BCUT2D eigenvalue weighted by molar-refractivity contribution is 0.583. The smallest absolute Gasteiger partial charge is 0.0152 e. The molecule has 0 unspecified atom stereocenters. The Morgan fingerprint density at radius 3 is 1.16 bits per heavy atom. The van der Waals surface area contributed by atoms with Crippen LogP contribution in [0.3, 0.4) is 0 Å². The molecule has 0 amide bonds. The molecular formula is C37H40. The van der Waals surface area contributed by atoms with Crippen LogP contribution in [0.1, 0.15) is 99.9 Å². The van der Waals surface area contributed by atoms with E-state index in [-0.39, 0.29) is 16.2 Å². The topological polar surface area (TPSA) is 0 Å². The van der Waals surface area contributed by atoms with Crippen LogP contribution in [-0.4, -0.2) is 0 Å². The minimum absolute atomic E-state index is 0.0987. The third-order valence-corrected chi connectivity index (χ3v) is 8.90. The lowest BCUT2D eigenvalue weighted by Crippen LogP contribution is -2.25. The number of fused-ring (bicyclic) bond motifs is 6. The van der Waals surface area contributed by atoms with Gasteiger partial charge in [-0.1, -0.05) is 128 Å². The molecule has 0 N–H and O–H groups in total. The fraction of sp³-hybridized carbons (Fsp3) is 0.351. The van der Waals surface area contributed by atoms with Gasteiger partial charge in [0.25, 0.3) is 0 Å². The van der Waals surface area contributed by atoms with Crippen molar-refractivity contribution in [3.63, 3.8) is 0 Å². The second-order valence-corrected chi connectivity index (χ2v) is 13.8. The first-order valence-corrected chi connectivity index (χ1v) is 13.9. The average molecular weight is 485 g/mol. The maximum absolute atomic E-state index is 2.46. The van der Waals surface area contributed by atoms with Crippen LogP contribution in [0.5, 0.6) is 0 Å². The summed E-state index contributed by atoms with van der Waals surface area (Å²) in [7, 11) is 0. The molecule has 0 radical (unpaired) electrons. The second kappa shape index (κ2) is 7.94. The summed E-state index contributed by atoms with van der Waals surface area (Å²) in [6.07, 6.45) is 2.05. The monoisotopic (exact) mass is 484 g/mol. The normalized spacial score (nSPS) is 14.3. The highest BCUT2D eigenvalue weighted by Gasteiger charge is 2.37. The van der Waals surface area contributed by atoms with Crippen LogP contribution in [0.2, 0.25) is 0 Å². The lowest BCUT2D eigenvalue weighted by Gasteiger charge is -2.34. The molecule has 0 heteroatoms. The fourth-order valence-electron chi connectivity index (χ4n) is 7.06. The Kier molecular flexibility index (Phi) is 5.20. The van der Waals surface area contributed by atoms with Crippen molar-refractivity contribution in [3.8, 4) is 22.3 Å². The average Bonchev–Trinajstić information content (AvgIpc) is 3.40. The van der Waals surface area contributed by atoms with Crippen molar-refractivity contribution in [1.29, 1.82) is 0 Å². The van der Waals surface area contributed by atoms with Crippen LogP contribution < -0.4 is 0 Å². The van der Waals surface area contributed by atoms with Crippen molar-refractivity contribution in [2.24, 2.45) is 0 Å². The van der Waals surface area contributed by atoms with Gasteiger partial charge in [-0.3, -0.25) is 0 Å². The lowest BCUT2D eigenvalue weighted by atomic mass is 9.69. The minimum Gasteiger partial charge on any atom is -0.0619 e. The maximum atomic E-state index is 2.46. The summed E-state index contributed by atoms with van der Waals surface area (Å²) in [6.45, 7) is 19.0. The van der Waals surface area contributed by atoms with Crippen LogP contribution in [-0.2, 0) is 29.1 Å². The van der Waals surface area contributed by atoms with Crippen molar-refractivity contribution >= 4 is 0 Å². The van der Waals surface area contributed by atoms with Gasteiger partial charge in [0.1, 0.15) is 0 Å². The first-order chi connectivity index (χ1) is 17.4. The summed E-state index contributed by atoms with van der Waals surface area (Å²) in [5.74, 6) is 0. The van der Waals surface area contributed by atoms with Crippen molar-refractivity contribution in [2.75, 3.05) is 0 Å². The third-order valence-electron chi connectivity index (χ3n) is 8.90. The van der Waals surface area contributed by atoms with Crippen LogP contribution in [0.15, 0.2) is 72.8 Å². The van der Waals surface area contributed by atoms with Gasteiger partial charge in [-0.2, -0.15) is 0 Å². The minimum atomic E-state index is -0.106. The van der Waals surface area contributed by atoms with E-state index in [0.29, 0.717) is 0 Å². The molecule has 6 rings (SSSR count). The Morgan fingerprint density at radius 1 is 0.432 bits per heavy atom. The van der Waals surface area contributed by atoms with Crippen molar-refractivity contribution < 1.29 is 0 Å². The molecule has 0 atom stereocenters. The zero-order valence-corrected chi connectivity index (χ0v) is 23.8. The Hall–Kier alpha value is -3.12. The van der Waals surface area contributed by atoms with Gasteiger partial charge in [0.15, 0.2) is 0 Å². The highest BCUT2D eigenvalue weighted by atomic mass is 14.4. The molecule has 37 heavy (non-hydrogen) atoms. The molecule has 188 valence electrons. The van der Waals surface area contributed by atoms with Gasteiger partial charge in [0, 0.05) is 5.41 Å². The molecule has 2 aliphatic carbocycles. The molecule has 0 aliphatic heterocycles. The summed E-state index contributed by atoms with van der Waals surface area (Å²) >= 11 is 0. The summed E-state index contributed by atoms with van der Waals surface area (Å²) in [4.78, 5) is 0. The zero-order valence-electron chi connectivity index (χ0n) is 23.8. The molecule has 0 spiro atoms. The van der Waals surface area contributed by atoms with E-state index in [1.54, 1.807) is 0 Å². The number of hydrogen-bond donors (Lipinski definition) is 0. The molecule has 0 nitrogen and oxygen atoms in total. The van der Waals surface area contributed by atoms with Crippen LogP contribution >= 0.6 is 0 Å². The molecule has 0 bridgehead atoms. The molecule has 4 aromatic carbocycles. The SMILES string of the molecule is CC(C)(C)c1ccc(C(C)(C)c2ccc(C(C)(C)C)c3c2Cc2ccccc2-3)c2c1-c1ccccc1C2. The van der Waals surface area contributed by atoms with E-state index in [9.17, 15) is 0 Å². The maximum Gasteiger partial charge on any atom is 0.0152 e. The van der Waals surface area contributed by atoms with Crippen LogP contribution in [0, 0.1) is 0 Å². The molecule has 0 saturated carbocycles. The van der Waals surface area contributed by atoms with E-state index in [4.69, 9.17) is 0 Å². The van der Waals surface area contributed by atoms with Crippen LogP contribution in [0.25, 0.3) is 22.3 Å². The largest absolute Gasteiger partial charge is 0.0619 e. The molecule has 0 aromatic heterocycles. The Labute approximate surface area is 223 Å². The summed E-state index contributed by atoms with van der Waals surface area (Å²) < 4.78 is 0. The van der Waals surface area contributed by atoms with Gasteiger partial charge in [0.05, 0.1) is 0 Å². The molecule has 0 fully saturated rings. The number of rotatable bonds is 2. The summed E-state index contributed by atoms with van der Waals surface area (Å²) in [6, 6.07) is 27.9. The highest BCUT2D eigenvalue weighted by Crippen LogP contribution is 2.51. The van der Waals surface area contributed by atoms with Gasteiger partial charge in [-0.05, 0) is 90.4 Å². The van der Waals surface area contributed by atoms with Gasteiger partial charge in [-0.15, -0.1) is 0 Å². The van der Waals surface area contributed by atoms with E-state index >= 15 is 0 Å². The molecule has 0 saturated heterocycles. The molecular weight excluding hydrogens is 444 g/mol. The van der Waals surface area contributed by atoms with Gasteiger partial charge in [0.2, 0.25) is 0 Å². The molecule has 4 aromatic rings. The predicted octanol–water partition coefficient (Wildman–Crippen LogP) is 9.75.